The smallest absolute Gasteiger partial charge is 0.355 e. The highest BCUT2D eigenvalue weighted by atomic mass is 32.1. The Morgan fingerprint density at radius 3 is 2.81 bits per heavy atom. The molecule has 9 heteroatoms. The maximum absolute atomic E-state index is 12.4. The van der Waals surface area contributed by atoms with E-state index in [0.717, 1.165) is 31.2 Å². The molecule has 3 N–H and O–H groups in total. The highest BCUT2D eigenvalue weighted by Gasteiger charge is 2.21. The van der Waals surface area contributed by atoms with Crippen LogP contribution in [0.2, 0.25) is 0 Å². The number of hydrogen-bond donors (Lipinski definition) is 3. The summed E-state index contributed by atoms with van der Waals surface area (Å²) in [6, 6.07) is 5.38. The molecular weight excluding hydrogens is 368 g/mol. The summed E-state index contributed by atoms with van der Waals surface area (Å²) in [4.78, 5) is 42.4. The van der Waals surface area contributed by atoms with E-state index < -0.39 is 5.97 Å². The fourth-order valence-corrected chi connectivity index (χ4v) is 4.25. The lowest BCUT2D eigenvalue weighted by Gasteiger charge is -2.11. The molecule has 2 aromatic heterocycles. The van der Waals surface area contributed by atoms with Gasteiger partial charge in [0.2, 0.25) is 0 Å². The Balaban J connectivity index is 1.52. The number of carbonyl (C=O) groups is 2. The molecule has 0 atom stereocenters. The lowest BCUT2D eigenvalue weighted by Crippen LogP contribution is -2.22. The van der Waals surface area contributed by atoms with E-state index >= 15 is 0 Å². The number of hydrogen-bond acceptors (Lipinski definition) is 5. The van der Waals surface area contributed by atoms with Gasteiger partial charge in [0.1, 0.15) is 5.01 Å². The number of carboxylic acid groups (broad SMARTS) is 1. The number of aromatic carboxylic acids is 1. The van der Waals surface area contributed by atoms with Gasteiger partial charge in [-0.05, 0) is 31.0 Å². The second-order valence-corrected chi connectivity index (χ2v) is 7.53. The van der Waals surface area contributed by atoms with Crippen molar-refractivity contribution in [2.75, 3.05) is 0 Å². The molecule has 1 fully saturated rings. The van der Waals surface area contributed by atoms with Gasteiger partial charge in [-0.3, -0.25) is 9.36 Å². The van der Waals surface area contributed by atoms with Crippen LogP contribution in [0.1, 0.15) is 57.6 Å². The van der Waals surface area contributed by atoms with E-state index in [1.165, 1.54) is 16.7 Å². The van der Waals surface area contributed by atoms with Crippen LogP contribution in [-0.4, -0.2) is 31.5 Å². The normalized spacial score (nSPS) is 14.7. The van der Waals surface area contributed by atoms with Crippen molar-refractivity contribution in [1.82, 2.24) is 19.9 Å². The predicted octanol–water partition coefficient (Wildman–Crippen LogP) is 2.53. The summed E-state index contributed by atoms with van der Waals surface area (Å²) in [6.07, 6.45) is 4.26. The van der Waals surface area contributed by atoms with Gasteiger partial charge in [0.25, 0.3) is 5.91 Å². The van der Waals surface area contributed by atoms with Crippen LogP contribution in [0.5, 0.6) is 0 Å². The van der Waals surface area contributed by atoms with Crippen molar-refractivity contribution in [3.63, 3.8) is 0 Å². The molecule has 4 rings (SSSR count). The number of carboxylic acids is 1. The van der Waals surface area contributed by atoms with Crippen molar-refractivity contribution >= 4 is 34.2 Å². The molecule has 0 aliphatic heterocycles. The second-order valence-electron chi connectivity index (χ2n) is 6.58. The summed E-state index contributed by atoms with van der Waals surface area (Å²) in [5.41, 5.74) is 1.71. The van der Waals surface area contributed by atoms with Crippen molar-refractivity contribution in [2.45, 2.75) is 38.3 Å². The molecule has 8 nitrogen and oxygen atoms in total. The minimum Gasteiger partial charge on any atom is -0.476 e. The lowest BCUT2D eigenvalue weighted by molar-refractivity contribution is 0.0691. The largest absolute Gasteiger partial charge is 0.476 e. The zero-order valence-electron chi connectivity index (χ0n) is 14.4. The molecular formula is C18H18N4O4S. The Hall–Kier alpha value is -2.94. The Bertz CT molecular complexity index is 1070. The summed E-state index contributed by atoms with van der Waals surface area (Å²) in [5.74, 6) is -1.40. The van der Waals surface area contributed by atoms with Crippen LogP contribution in [0.25, 0.3) is 11.0 Å². The average molecular weight is 386 g/mol. The highest BCUT2D eigenvalue weighted by Crippen LogP contribution is 2.30. The molecule has 140 valence electrons. The molecule has 0 spiro atoms. The molecule has 1 amide bonds. The monoisotopic (exact) mass is 386 g/mol. The molecule has 27 heavy (non-hydrogen) atoms. The van der Waals surface area contributed by atoms with Gasteiger partial charge >= 0.3 is 11.7 Å². The van der Waals surface area contributed by atoms with Crippen molar-refractivity contribution < 1.29 is 14.7 Å². The molecule has 1 aromatic carbocycles. The number of fused-ring (bicyclic) bond motifs is 1. The number of nitrogens with one attached hydrogen (secondary N) is 2. The van der Waals surface area contributed by atoms with Gasteiger partial charge in [-0.15, -0.1) is 11.3 Å². The number of aromatic nitrogens is 3. The van der Waals surface area contributed by atoms with Gasteiger partial charge in [-0.1, -0.05) is 12.8 Å². The second kappa shape index (κ2) is 6.99. The molecule has 3 aromatic rings. The first-order valence-corrected chi connectivity index (χ1v) is 9.61. The van der Waals surface area contributed by atoms with Gasteiger partial charge in [-0.2, -0.15) is 0 Å². The summed E-state index contributed by atoms with van der Waals surface area (Å²) in [7, 11) is 0. The topological polar surface area (TPSA) is 117 Å². The van der Waals surface area contributed by atoms with Crippen molar-refractivity contribution in [2.24, 2.45) is 0 Å². The summed E-state index contributed by atoms with van der Waals surface area (Å²) in [5, 5.41) is 13.6. The number of amides is 1. The van der Waals surface area contributed by atoms with Gasteiger partial charge < -0.3 is 15.4 Å². The third kappa shape index (κ3) is 3.37. The van der Waals surface area contributed by atoms with Crippen LogP contribution in [0.3, 0.4) is 0 Å². The third-order valence-electron chi connectivity index (χ3n) is 4.84. The number of nitrogens with zero attached hydrogens (tertiary/aromatic N) is 2. The zero-order chi connectivity index (χ0) is 19.0. The molecule has 2 heterocycles. The SMILES string of the molecule is O=C(NCc1nc(C(=O)O)cs1)c1ccc2c(c1)[nH]c(=O)n2C1CCCC1. The van der Waals surface area contributed by atoms with Crippen molar-refractivity contribution in [3.05, 3.63) is 50.3 Å². The van der Waals surface area contributed by atoms with Gasteiger partial charge in [-0.25, -0.2) is 14.6 Å². The van der Waals surface area contributed by atoms with Crippen LogP contribution in [0, 0.1) is 0 Å². The van der Waals surface area contributed by atoms with E-state index in [0.29, 0.717) is 16.1 Å². The third-order valence-corrected chi connectivity index (χ3v) is 5.69. The fraction of sp³-hybridized carbons (Fsp3) is 0.333. The van der Waals surface area contributed by atoms with Gasteiger partial charge in [0, 0.05) is 17.0 Å². The van der Waals surface area contributed by atoms with Crippen LogP contribution in [0.15, 0.2) is 28.4 Å². The summed E-state index contributed by atoms with van der Waals surface area (Å²) >= 11 is 1.18. The Morgan fingerprint density at radius 1 is 1.33 bits per heavy atom. The van der Waals surface area contributed by atoms with E-state index in [9.17, 15) is 14.4 Å². The number of benzene rings is 1. The van der Waals surface area contributed by atoms with Crippen LogP contribution >= 0.6 is 11.3 Å². The summed E-state index contributed by atoms with van der Waals surface area (Å²) < 4.78 is 1.80. The van der Waals surface area contributed by atoms with Crippen LogP contribution < -0.4 is 11.0 Å². The molecule has 1 aliphatic rings. The molecule has 1 saturated carbocycles. The lowest BCUT2D eigenvalue weighted by atomic mass is 10.1. The minimum absolute atomic E-state index is 0.0310. The van der Waals surface area contributed by atoms with Crippen molar-refractivity contribution in [3.8, 4) is 0 Å². The maximum atomic E-state index is 12.4. The number of aromatic amines is 1. The fourth-order valence-electron chi connectivity index (χ4n) is 3.55. The van der Waals surface area contributed by atoms with Crippen LogP contribution in [0.4, 0.5) is 0 Å². The highest BCUT2D eigenvalue weighted by molar-refractivity contribution is 7.09. The summed E-state index contributed by atoms with van der Waals surface area (Å²) in [6.45, 7) is 0.147. The molecule has 0 unspecified atom stereocenters. The molecule has 1 aliphatic carbocycles. The first-order valence-electron chi connectivity index (χ1n) is 8.73. The Labute approximate surface area is 157 Å². The maximum Gasteiger partial charge on any atom is 0.355 e. The zero-order valence-corrected chi connectivity index (χ0v) is 15.2. The van der Waals surface area contributed by atoms with E-state index in [1.54, 1.807) is 22.8 Å². The molecule has 0 bridgehead atoms. The predicted molar refractivity (Wildman–Crippen MR) is 100 cm³/mol. The van der Waals surface area contributed by atoms with E-state index in [2.05, 4.69) is 15.3 Å². The number of carbonyl (C=O) groups excluding carboxylic acids is 1. The van der Waals surface area contributed by atoms with Crippen LogP contribution in [-0.2, 0) is 6.54 Å². The van der Waals surface area contributed by atoms with Gasteiger partial charge in [0.05, 0.1) is 17.6 Å². The number of H-pyrrole nitrogens is 1. The van der Waals surface area contributed by atoms with E-state index in [-0.39, 0.29) is 29.9 Å². The Morgan fingerprint density at radius 2 is 2.11 bits per heavy atom. The van der Waals surface area contributed by atoms with E-state index in [1.807, 2.05) is 0 Å². The number of imidazole rings is 1. The average Bonchev–Trinajstić information content (AvgIpc) is 3.37. The molecule has 0 radical (unpaired) electrons. The number of thiazole rings is 1. The standard InChI is InChI=1S/C18H18N4O4S/c23-16(19-8-15-20-13(9-27-15)17(24)25)10-5-6-14-12(7-10)21-18(26)22(14)11-3-1-2-4-11/h5-7,9,11H,1-4,8H2,(H,19,23)(H,21,26)(H,24,25). The first-order chi connectivity index (χ1) is 13.0. The minimum atomic E-state index is -1.09. The molecule has 0 saturated heterocycles. The Kier molecular flexibility index (Phi) is 4.53. The quantitative estimate of drug-likeness (QED) is 0.623. The first kappa shape index (κ1) is 17.5. The van der Waals surface area contributed by atoms with Crippen molar-refractivity contribution in [1.29, 1.82) is 0 Å². The van der Waals surface area contributed by atoms with Gasteiger partial charge in [0.15, 0.2) is 5.69 Å². The van der Waals surface area contributed by atoms with E-state index in [4.69, 9.17) is 5.11 Å². The number of rotatable bonds is 5.